The molecule has 2 atom stereocenters. The Morgan fingerprint density at radius 3 is 2.63 bits per heavy atom. The van der Waals surface area contributed by atoms with Crippen LogP contribution in [0.1, 0.15) is 18.1 Å². The number of hydrogen-bond donors (Lipinski definition) is 1. The van der Waals surface area contributed by atoms with Crippen molar-refractivity contribution < 1.29 is 4.74 Å². The number of hydrogen-bond acceptors (Lipinski definition) is 3. The number of pyridine rings is 1. The highest BCUT2D eigenvalue weighted by Gasteiger charge is 2.28. The molecule has 1 aromatic carbocycles. The standard InChI is InChI=1S/C16H18N2O/c1-2-6-13(7-3-1)16(14-9-11-17-12-14)19-15-8-4-5-10-18-15/h1-8,10,14,16-17H,9,11-12H2/t14-,16?/m0/s1. The van der Waals surface area contributed by atoms with Crippen molar-refractivity contribution in [1.82, 2.24) is 10.3 Å². The zero-order chi connectivity index (χ0) is 12.9. The van der Waals surface area contributed by atoms with E-state index in [9.17, 15) is 0 Å². The fourth-order valence-electron chi connectivity index (χ4n) is 2.56. The molecule has 0 saturated carbocycles. The third kappa shape index (κ3) is 2.93. The summed E-state index contributed by atoms with van der Waals surface area (Å²) in [5.41, 5.74) is 1.22. The average molecular weight is 254 g/mol. The third-order valence-electron chi connectivity index (χ3n) is 3.54. The highest BCUT2D eigenvalue weighted by molar-refractivity contribution is 5.21. The molecule has 1 fully saturated rings. The Hall–Kier alpha value is -1.87. The Kier molecular flexibility index (Phi) is 3.75. The van der Waals surface area contributed by atoms with Gasteiger partial charge in [-0.05, 0) is 24.6 Å². The van der Waals surface area contributed by atoms with Gasteiger partial charge in [0.25, 0.3) is 0 Å². The summed E-state index contributed by atoms with van der Waals surface area (Å²) in [5.74, 6) is 1.20. The van der Waals surface area contributed by atoms with E-state index in [-0.39, 0.29) is 6.10 Å². The van der Waals surface area contributed by atoms with Gasteiger partial charge in [-0.2, -0.15) is 0 Å². The zero-order valence-corrected chi connectivity index (χ0v) is 10.8. The fourth-order valence-corrected chi connectivity index (χ4v) is 2.56. The molecule has 1 aliphatic heterocycles. The molecular formula is C16H18N2O. The van der Waals surface area contributed by atoms with Gasteiger partial charge in [0.05, 0.1) is 0 Å². The van der Waals surface area contributed by atoms with E-state index in [1.54, 1.807) is 6.20 Å². The van der Waals surface area contributed by atoms with Crippen molar-refractivity contribution in [3.05, 3.63) is 60.3 Å². The lowest BCUT2D eigenvalue weighted by Crippen LogP contribution is -2.21. The smallest absolute Gasteiger partial charge is 0.213 e. The number of rotatable bonds is 4. The maximum Gasteiger partial charge on any atom is 0.213 e. The van der Waals surface area contributed by atoms with Crippen LogP contribution in [0.4, 0.5) is 0 Å². The number of aromatic nitrogens is 1. The van der Waals surface area contributed by atoms with Gasteiger partial charge in [0.15, 0.2) is 0 Å². The van der Waals surface area contributed by atoms with E-state index in [0.717, 1.165) is 19.5 Å². The summed E-state index contributed by atoms with van der Waals surface area (Å²) < 4.78 is 6.13. The number of benzene rings is 1. The molecule has 0 amide bonds. The second kappa shape index (κ2) is 5.85. The van der Waals surface area contributed by atoms with E-state index in [0.29, 0.717) is 11.8 Å². The Morgan fingerprint density at radius 1 is 1.11 bits per heavy atom. The summed E-state index contributed by atoms with van der Waals surface area (Å²) in [6, 6.07) is 16.2. The lowest BCUT2D eigenvalue weighted by molar-refractivity contribution is 0.138. The number of nitrogens with zero attached hydrogens (tertiary/aromatic N) is 1. The lowest BCUT2D eigenvalue weighted by atomic mass is 9.95. The molecule has 1 unspecified atom stereocenters. The van der Waals surface area contributed by atoms with Gasteiger partial charge < -0.3 is 10.1 Å². The Bertz CT molecular complexity index is 495. The van der Waals surface area contributed by atoms with Crippen LogP contribution >= 0.6 is 0 Å². The van der Waals surface area contributed by atoms with Crippen LogP contribution in [0.3, 0.4) is 0 Å². The second-order valence-corrected chi connectivity index (χ2v) is 4.87. The molecule has 0 bridgehead atoms. The summed E-state index contributed by atoms with van der Waals surface area (Å²) in [5, 5.41) is 3.41. The van der Waals surface area contributed by atoms with E-state index >= 15 is 0 Å². The second-order valence-electron chi connectivity index (χ2n) is 4.87. The van der Waals surface area contributed by atoms with E-state index in [4.69, 9.17) is 4.74 Å². The molecule has 19 heavy (non-hydrogen) atoms. The van der Waals surface area contributed by atoms with E-state index in [1.165, 1.54) is 5.56 Å². The molecule has 2 aromatic rings. The molecular weight excluding hydrogens is 236 g/mol. The predicted octanol–water partition coefficient (Wildman–Crippen LogP) is 2.81. The SMILES string of the molecule is c1ccc(C(Oc2ccccn2)[C@H]2CCNC2)cc1. The molecule has 98 valence electrons. The third-order valence-corrected chi connectivity index (χ3v) is 3.54. The van der Waals surface area contributed by atoms with Gasteiger partial charge in [0.2, 0.25) is 5.88 Å². The summed E-state index contributed by atoms with van der Waals surface area (Å²) in [7, 11) is 0. The van der Waals surface area contributed by atoms with Gasteiger partial charge in [-0.1, -0.05) is 36.4 Å². The topological polar surface area (TPSA) is 34.1 Å². The van der Waals surface area contributed by atoms with Crippen molar-refractivity contribution >= 4 is 0 Å². The lowest BCUT2D eigenvalue weighted by Gasteiger charge is -2.24. The van der Waals surface area contributed by atoms with Gasteiger partial charge >= 0.3 is 0 Å². The first-order valence-corrected chi connectivity index (χ1v) is 6.77. The summed E-state index contributed by atoms with van der Waals surface area (Å²) in [6.07, 6.45) is 2.99. The first-order chi connectivity index (χ1) is 9.43. The number of ether oxygens (including phenoxy) is 1. The molecule has 0 radical (unpaired) electrons. The van der Waals surface area contributed by atoms with Crippen LogP contribution in [0.15, 0.2) is 54.7 Å². The van der Waals surface area contributed by atoms with Crippen LogP contribution in [0.25, 0.3) is 0 Å². The van der Waals surface area contributed by atoms with Gasteiger partial charge in [-0.25, -0.2) is 4.98 Å². The molecule has 3 rings (SSSR count). The minimum absolute atomic E-state index is 0.0751. The Labute approximate surface area is 113 Å². The molecule has 1 N–H and O–H groups in total. The minimum atomic E-state index is 0.0751. The summed E-state index contributed by atoms with van der Waals surface area (Å²) in [4.78, 5) is 4.27. The average Bonchev–Trinajstić information content (AvgIpc) is 3.01. The van der Waals surface area contributed by atoms with Crippen LogP contribution in [0.5, 0.6) is 5.88 Å². The largest absolute Gasteiger partial charge is 0.469 e. The van der Waals surface area contributed by atoms with Crippen LogP contribution in [-0.4, -0.2) is 18.1 Å². The molecule has 1 aromatic heterocycles. The molecule has 3 heteroatoms. The quantitative estimate of drug-likeness (QED) is 0.911. The normalized spacial score (nSPS) is 20.1. The predicted molar refractivity (Wildman–Crippen MR) is 75.0 cm³/mol. The minimum Gasteiger partial charge on any atom is -0.469 e. The van der Waals surface area contributed by atoms with Crippen molar-refractivity contribution in [3.63, 3.8) is 0 Å². The highest BCUT2D eigenvalue weighted by atomic mass is 16.5. The van der Waals surface area contributed by atoms with Gasteiger partial charge in [-0.3, -0.25) is 0 Å². The van der Waals surface area contributed by atoms with Crippen LogP contribution in [0.2, 0.25) is 0 Å². The summed E-state index contributed by atoms with van der Waals surface area (Å²) >= 11 is 0. The van der Waals surface area contributed by atoms with E-state index in [1.807, 2.05) is 24.3 Å². The maximum absolute atomic E-state index is 6.13. The zero-order valence-electron chi connectivity index (χ0n) is 10.8. The molecule has 1 saturated heterocycles. The maximum atomic E-state index is 6.13. The highest BCUT2D eigenvalue weighted by Crippen LogP contribution is 2.30. The molecule has 0 spiro atoms. The first-order valence-electron chi connectivity index (χ1n) is 6.77. The van der Waals surface area contributed by atoms with Crippen LogP contribution in [0, 0.1) is 5.92 Å². The van der Waals surface area contributed by atoms with E-state index in [2.05, 4.69) is 34.6 Å². The van der Waals surface area contributed by atoms with Gasteiger partial charge in [0.1, 0.15) is 6.10 Å². The van der Waals surface area contributed by atoms with Crippen molar-refractivity contribution in [2.45, 2.75) is 12.5 Å². The molecule has 1 aliphatic rings. The van der Waals surface area contributed by atoms with Gasteiger partial charge in [0, 0.05) is 24.7 Å². The molecule has 2 heterocycles. The first kappa shape index (κ1) is 12.2. The van der Waals surface area contributed by atoms with Crippen molar-refractivity contribution in [1.29, 1.82) is 0 Å². The van der Waals surface area contributed by atoms with Crippen molar-refractivity contribution in [3.8, 4) is 5.88 Å². The Balaban J connectivity index is 1.84. The monoisotopic (exact) mass is 254 g/mol. The number of nitrogens with one attached hydrogen (secondary N) is 1. The molecule has 0 aliphatic carbocycles. The fraction of sp³-hybridized carbons (Fsp3) is 0.312. The van der Waals surface area contributed by atoms with Crippen LogP contribution in [-0.2, 0) is 0 Å². The van der Waals surface area contributed by atoms with E-state index < -0.39 is 0 Å². The summed E-state index contributed by atoms with van der Waals surface area (Å²) in [6.45, 7) is 2.08. The molecule has 3 nitrogen and oxygen atoms in total. The van der Waals surface area contributed by atoms with Gasteiger partial charge in [-0.15, -0.1) is 0 Å². The van der Waals surface area contributed by atoms with Crippen molar-refractivity contribution in [2.75, 3.05) is 13.1 Å². The van der Waals surface area contributed by atoms with Crippen molar-refractivity contribution in [2.24, 2.45) is 5.92 Å². The Morgan fingerprint density at radius 2 is 1.95 bits per heavy atom. The van der Waals surface area contributed by atoms with Crippen LogP contribution < -0.4 is 10.1 Å².